The second-order valence-electron chi connectivity index (χ2n) is 7.14. The molecule has 144 valence electrons. The topological polar surface area (TPSA) is 49.4 Å². The van der Waals surface area contributed by atoms with E-state index in [2.05, 4.69) is 5.32 Å². The molecule has 0 heterocycles. The molecule has 0 aliphatic rings. The minimum atomic E-state index is -0.518. The number of aryl methyl sites for hydroxylation is 2. The minimum Gasteiger partial charge on any atom is -0.354 e. The van der Waals surface area contributed by atoms with Crippen LogP contribution in [-0.4, -0.2) is 29.3 Å². The molecular formula is C23H30N2O2. The smallest absolute Gasteiger partial charge is 0.242 e. The van der Waals surface area contributed by atoms with Crippen molar-refractivity contribution in [2.75, 3.05) is 6.54 Å². The van der Waals surface area contributed by atoms with E-state index in [0.717, 1.165) is 23.1 Å². The van der Waals surface area contributed by atoms with Gasteiger partial charge in [-0.3, -0.25) is 9.59 Å². The highest BCUT2D eigenvalue weighted by Crippen LogP contribution is 2.14. The van der Waals surface area contributed by atoms with Crippen molar-refractivity contribution >= 4 is 11.8 Å². The molecule has 1 atom stereocenters. The number of carbonyl (C=O) groups is 2. The van der Waals surface area contributed by atoms with Crippen molar-refractivity contribution in [3.8, 4) is 0 Å². The number of hydrogen-bond donors (Lipinski definition) is 1. The van der Waals surface area contributed by atoms with Crippen LogP contribution in [0.5, 0.6) is 0 Å². The van der Waals surface area contributed by atoms with E-state index < -0.39 is 6.04 Å². The quantitative estimate of drug-likeness (QED) is 0.773. The molecular weight excluding hydrogens is 336 g/mol. The Hall–Kier alpha value is -2.62. The lowest BCUT2D eigenvalue weighted by atomic mass is 10.1. The molecule has 4 heteroatoms. The fourth-order valence-corrected chi connectivity index (χ4v) is 2.97. The van der Waals surface area contributed by atoms with Crippen LogP contribution in [0, 0.1) is 13.8 Å². The summed E-state index contributed by atoms with van der Waals surface area (Å²) in [4.78, 5) is 27.2. The fourth-order valence-electron chi connectivity index (χ4n) is 2.97. The molecule has 0 aliphatic carbocycles. The maximum atomic E-state index is 13.1. The molecule has 0 fully saturated rings. The Labute approximate surface area is 162 Å². The second kappa shape index (κ2) is 9.91. The van der Waals surface area contributed by atoms with Gasteiger partial charge in [-0.05, 0) is 38.3 Å². The molecule has 0 aromatic heterocycles. The second-order valence-corrected chi connectivity index (χ2v) is 7.14. The maximum Gasteiger partial charge on any atom is 0.242 e. The van der Waals surface area contributed by atoms with Gasteiger partial charge in [-0.25, -0.2) is 0 Å². The summed E-state index contributed by atoms with van der Waals surface area (Å²) in [7, 11) is 0. The molecule has 2 aromatic carbocycles. The van der Waals surface area contributed by atoms with Gasteiger partial charge >= 0.3 is 0 Å². The van der Waals surface area contributed by atoms with Gasteiger partial charge in [-0.2, -0.15) is 0 Å². The molecule has 2 rings (SSSR count). The minimum absolute atomic E-state index is 0.0414. The summed E-state index contributed by atoms with van der Waals surface area (Å²) in [5.74, 6) is -0.151. The SMILES string of the molecule is CCCNC(=O)C(C)N(Cc1ccc(C)cc1)C(=O)Cc1cccc(C)c1. The first kappa shape index (κ1) is 20.7. The van der Waals surface area contributed by atoms with Gasteiger partial charge in [0.2, 0.25) is 11.8 Å². The number of carbonyl (C=O) groups excluding carboxylic acids is 2. The van der Waals surface area contributed by atoms with Crippen molar-refractivity contribution in [1.29, 1.82) is 0 Å². The summed E-state index contributed by atoms with van der Waals surface area (Å²) >= 11 is 0. The van der Waals surface area contributed by atoms with E-state index in [-0.39, 0.29) is 11.8 Å². The first-order chi connectivity index (χ1) is 12.9. The summed E-state index contributed by atoms with van der Waals surface area (Å²) < 4.78 is 0. The molecule has 2 aromatic rings. The number of hydrogen-bond acceptors (Lipinski definition) is 2. The van der Waals surface area contributed by atoms with Crippen LogP contribution in [0.25, 0.3) is 0 Å². The van der Waals surface area contributed by atoms with Gasteiger partial charge in [0.25, 0.3) is 0 Å². The van der Waals surface area contributed by atoms with Crippen LogP contribution >= 0.6 is 0 Å². The largest absolute Gasteiger partial charge is 0.354 e. The Morgan fingerprint density at radius 3 is 2.33 bits per heavy atom. The Balaban J connectivity index is 2.20. The van der Waals surface area contributed by atoms with E-state index in [4.69, 9.17) is 0 Å². The summed E-state index contributed by atoms with van der Waals surface area (Å²) in [5, 5.41) is 2.90. The maximum absolute atomic E-state index is 13.1. The van der Waals surface area contributed by atoms with Gasteiger partial charge in [0.1, 0.15) is 6.04 Å². The summed E-state index contributed by atoms with van der Waals surface area (Å²) in [6.45, 7) is 8.90. The number of nitrogens with one attached hydrogen (secondary N) is 1. The van der Waals surface area contributed by atoms with Crippen molar-refractivity contribution < 1.29 is 9.59 Å². The Morgan fingerprint density at radius 2 is 1.70 bits per heavy atom. The van der Waals surface area contributed by atoms with Crippen molar-refractivity contribution in [1.82, 2.24) is 10.2 Å². The number of benzene rings is 2. The first-order valence-electron chi connectivity index (χ1n) is 9.59. The summed E-state index contributed by atoms with van der Waals surface area (Å²) in [6.07, 6.45) is 1.16. The monoisotopic (exact) mass is 366 g/mol. The van der Waals surface area contributed by atoms with Crippen LogP contribution in [-0.2, 0) is 22.6 Å². The fraction of sp³-hybridized carbons (Fsp3) is 0.391. The molecule has 4 nitrogen and oxygen atoms in total. The lowest BCUT2D eigenvalue weighted by Crippen LogP contribution is -2.48. The highest BCUT2D eigenvalue weighted by Gasteiger charge is 2.26. The van der Waals surface area contributed by atoms with E-state index in [1.165, 1.54) is 5.56 Å². The predicted octanol–water partition coefficient (Wildman–Crippen LogP) is 3.79. The van der Waals surface area contributed by atoms with Crippen molar-refractivity contribution in [3.63, 3.8) is 0 Å². The first-order valence-corrected chi connectivity index (χ1v) is 9.59. The van der Waals surface area contributed by atoms with Gasteiger partial charge in [0.15, 0.2) is 0 Å². The predicted molar refractivity (Wildman–Crippen MR) is 109 cm³/mol. The molecule has 0 saturated carbocycles. The number of rotatable bonds is 8. The van der Waals surface area contributed by atoms with Gasteiger partial charge in [-0.15, -0.1) is 0 Å². The molecule has 0 radical (unpaired) electrons. The highest BCUT2D eigenvalue weighted by molar-refractivity contribution is 5.88. The van der Waals surface area contributed by atoms with E-state index in [1.54, 1.807) is 11.8 Å². The summed E-state index contributed by atoms with van der Waals surface area (Å²) in [6, 6.07) is 15.5. The van der Waals surface area contributed by atoms with E-state index in [0.29, 0.717) is 19.5 Å². The number of amides is 2. The zero-order valence-electron chi connectivity index (χ0n) is 16.8. The average molecular weight is 367 g/mol. The van der Waals surface area contributed by atoms with Crippen LogP contribution in [0.4, 0.5) is 0 Å². The molecule has 0 aliphatic heterocycles. The molecule has 0 bridgehead atoms. The molecule has 2 amide bonds. The lowest BCUT2D eigenvalue weighted by molar-refractivity contribution is -0.140. The number of nitrogens with zero attached hydrogens (tertiary/aromatic N) is 1. The molecule has 1 unspecified atom stereocenters. The van der Waals surface area contributed by atoms with Crippen LogP contribution < -0.4 is 5.32 Å². The third kappa shape index (κ3) is 6.24. The highest BCUT2D eigenvalue weighted by atomic mass is 16.2. The van der Waals surface area contributed by atoms with Crippen LogP contribution in [0.3, 0.4) is 0 Å². The van der Waals surface area contributed by atoms with E-state index in [1.807, 2.05) is 69.3 Å². The van der Waals surface area contributed by atoms with Gasteiger partial charge < -0.3 is 10.2 Å². The van der Waals surface area contributed by atoms with E-state index >= 15 is 0 Å². The van der Waals surface area contributed by atoms with Gasteiger partial charge in [-0.1, -0.05) is 66.6 Å². The van der Waals surface area contributed by atoms with E-state index in [9.17, 15) is 9.59 Å². The van der Waals surface area contributed by atoms with Gasteiger partial charge in [0, 0.05) is 13.1 Å². The Morgan fingerprint density at radius 1 is 1.00 bits per heavy atom. The Bertz CT molecular complexity index is 768. The van der Waals surface area contributed by atoms with Crippen molar-refractivity contribution in [2.24, 2.45) is 0 Å². The zero-order valence-corrected chi connectivity index (χ0v) is 16.8. The zero-order chi connectivity index (χ0) is 19.8. The van der Waals surface area contributed by atoms with Crippen LogP contribution in [0.15, 0.2) is 48.5 Å². The van der Waals surface area contributed by atoms with Crippen LogP contribution in [0.1, 0.15) is 42.5 Å². The molecule has 0 spiro atoms. The molecule has 27 heavy (non-hydrogen) atoms. The normalized spacial score (nSPS) is 11.7. The third-order valence-electron chi connectivity index (χ3n) is 4.63. The third-order valence-corrected chi connectivity index (χ3v) is 4.63. The van der Waals surface area contributed by atoms with Gasteiger partial charge in [0.05, 0.1) is 6.42 Å². The summed E-state index contributed by atoms with van der Waals surface area (Å²) in [5.41, 5.74) is 4.28. The van der Waals surface area contributed by atoms with Crippen molar-refractivity contribution in [2.45, 2.75) is 53.1 Å². The lowest BCUT2D eigenvalue weighted by Gasteiger charge is -2.29. The molecule has 0 saturated heterocycles. The van der Waals surface area contributed by atoms with Crippen LogP contribution in [0.2, 0.25) is 0 Å². The van der Waals surface area contributed by atoms with Crippen molar-refractivity contribution in [3.05, 3.63) is 70.8 Å². The Kier molecular flexibility index (Phi) is 7.59. The standard InChI is InChI=1S/C23H30N2O2/c1-5-13-24-23(27)19(4)25(16-20-11-9-17(2)10-12-20)22(26)15-21-8-6-7-18(3)14-21/h6-12,14,19H,5,13,15-16H2,1-4H3,(H,24,27). The average Bonchev–Trinajstić information content (AvgIpc) is 2.65. The molecule has 1 N–H and O–H groups in total.